The van der Waals surface area contributed by atoms with Crippen molar-refractivity contribution in [2.45, 2.75) is 0 Å². The maximum Gasteiger partial charge on any atom is 0.124 e. The predicted octanol–water partition coefficient (Wildman–Crippen LogP) is 1.22. The molecule has 154 valence electrons. The molecule has 8 heteroatoms. The summed E-state index contributed by atoms with van der Waals surface area (Å²) in [7, 11) is 0. The molecular formula is C21H28N6O2. The Morgan fingerprint density at radius 3 is 1.66 bits per heavy atom. The molecule has 0 saturated carbocycles. The molecule has 1 heterocycles. The molecule has 1 aliphatic heterocycles. The van der Waals surface area contributed by atoms with Crippen LogP contribution in [0.3, 0.4) is 0 Å². The first-order valence-electron chi connectivity index (χ1n) is 9.75. The zero-order valence-corrected chi connectivity index (χ0v) is 16.4. The van der Waals surface area contributed by atoms with Crippen LogP contribution >= 0.6 is 0 Å². The molecular weight excluding hydrogens is 368 g/mol. The van der Waals surface area contributed by atoms with Crippen molar-refractivity contribution in [3.63, 3.8) is 0 Å². The summed E-state index contributed by atoms with van der Waals surface area (Å²) >= 11 is 0. The van der Waals surface area contributed by atoms with E-state index in [4.69, 9.17) is 0 Å². The third-order valence-electron chi connectivity index (χ3n) is 4.47. The largest absolute Gasteiger partial charge is 0.507 e. The Morgan fingerprint density at radius 1 is 0.759 bits per heavy atom. The standard InChI is InChI=1S/C21H28N6O2/c28-20-7-3-1-5-18(20)15-22-9-11-24-26-13-14-27(17-26)25-12-10-23-16-19-6-2-4-8-21(19)29/h1-8,15-16,24-25,28-29H,9-14,17H2. The Labute approximate surface area is 171 Å². The lowest BCUT2D eigenvalue weighted by Gasteiger charge is -2.19. The van der Waals surface area contributed by atoms with E-state index in [2.05, 4.69) is 30.9 Å². The van der Waals surface area contributed by atoms with Gasteiger partial charge in [-0.3, -0.25) is 20.8 Å². The molecule has 0 spiro atoms. The topological polar surface area (TPSA) is 95.7 Å². The van der Waals surface area contributed by atoms with Crippen LogP contribution in [0.4, 0.5) is 0 Å². The van der Waals surface area contributed by atoms with Crippen LogP contribution in [0.5, 0.6) is 11.5 Å². The quantitative estimate of drug-likeness (QED) is 0.356. The average molecular weight is 396 g/mol. The number of phenols is 2. The highest BCUT2D eigenvalue weighted by Gasteiger charge is 2.18. The second kappa shape index (κ2) is 11.3. The molecule has 0 radical (unpaired) electrons. The summed E-state index contributed by atoms with van der Waals surface area (Å²) in [5, 5.41) is 23.7. The summed E-state index contributed by atoms with van der Waals surface area (Å²) in [4.78, 5) is 8.69. The van der Waals surface area contributed by atoms with Crippen LogP contribution in [0.1, 0.15) is 11.1 Å². The van der Waals surface area contributed by atoms with Gasteiger partial charge in [0.25, 0.3) is 0 Å². The minimum Gasteiger partial charge on any atom is -0.507 e. The molecule has 0 aromatic heterocycles. The van der Waals surface area contributed by atoms with Crippen molar-refractivity contribution in [2.24, 2.45) is 9.98 Å². The van der Waals surface area contributed by atoms with E-state index in [1.165, 1.54) is 0 Å². The van der Waals surface area contributed by atoms with Gasteiger partial charge < -0.3 is 10.2 Å². The summed E-state index contributed by atoms with van der Waals surface area (Å²) in [5.74, 6) is 0.491. The van der Waals surface area contributed by atoms with E-state index in [0.29, 0.717) is 13.1 Å². The van der Waals surface area contributed by atoms with Crippen LogP contribution in [-0.4, -0.2) is 78.6 Å². The molecule has 0 atom stereocenters. The van der Waals surface area contributed by atoms with Crippen molar-refractivity contribution in [3.05, 3.63) is 59.7 Å². The van der Waals surface area contributed by atoms with Gasteiger partial charge in [0.15, 0.2) is 0 Å². The van der Waals surface area contributed by atoms with E-state index >= 15 is 0 Å². The number of aromatic hydroxyl groups is 2. The number of hydrazine groups is 2. The van der Waals surface area contributed by atoms with Gasteiger partial charge in [-0.05, 0) is 24.3 Å². The number of para-hydroxylation sites is 2. The highest BCUT2D eigenvalue weighted by Crippen LogP contribution is 2.13. The predicted molar refractivity (Wildman–Crippen MR) is 115 cm³/mol. The molecule has 1 aliphatic rings. The van der Waals surface area contributed by atoms with Crippen molar-refractivity contribution < 1.29 is 10.2 Å². The van der Waals surface area contributed by atoms with Crippen LogP contribution in [0.15, 0.2) is 58.5 Å². The van der Waals surface area contributed by atoms with E-state index < -0.39 is 0 Å². The zero-order chi connectivity index (χ0) is 20.3. The summed E-state index contributed by atoms with van der Waals surface area (Å²) < 4.78 is 0. The number of phenolic OH excluding ortho intramolecular Hbond substituents is 2. The lowest BCUT2D eigenvalue weighted by atomic mass is 10.2. The Kier molecular flexibility index (Phi) is 8.14. The first kappa shape index (κ1) is 20.9. The third-order valence-corrected chi connectivity index (χ3v) is 4.47. The number of hydrogen-bond donors (Lipinski definition) is 4. The van der Waals surface area contributed by atoms with Gasteiger partial charge in [0.1, 0.15) is 11.5 Å². The second-order valence-corrected chi connectivity index (χ2v) is 6.67. The van der Waals surface area contributed by atoms with Crippen LogP contribution in [-0.2, 0) is 0 Å². The van der Waals surface area contributed by atoms with Crippen LogP contribution < -0.4 is 10.9 Å². The first-order chi connectivity index (χ1) is 14.2. The molecule has 0 aliphatic carbocycles. The summed E-state index contributed by atoms with van der Waals surface area (Å²) in [6.45, 7) is 5.39. The smallest absolute Gasteiger partial charge is 0.124 e. The molecule has 1 saturated heterocycles. The molecule has 3 rings (SSSR count). The normalized spacial score (nSPS) is 15.7. The monoisotopic (exact) mass is 396 g/mol. The van der Waals surface area contributed by atoms with Crippen molar-refractivity contribution in [3.8, 4) is 11.5 Å². The molecule has 8 nitrogen and oxygen atoms in total. The van der Waals surface area contributed by atoms with E-state index in [1.807, 2.05) is 24.3 Å². The van der Waals surface area contributed by atoms with Crippen molar-refractivity contribution in [2.75, 3.05) is 45.9 Å². The SMILES string of the molecule is Oc1ccccc1C=NCCNN1CCN(NCCN=Cc2ccccc2O)C1. The summed E-state index contributed by atoms with van der Waals surface area (Å²) in [5.41, 5.74) is 8.18. The summed E-state index contributed by atoms with van der Waals surface area (Å²) in [6.07, 6.45) is 3.40. The summed E-state index contributed by atoms with van der Waals surface area (Å²) in [6, 6.07) is 14.3. The fraction of sp³-hybridized carbons (Fsp3) is 0.333. The van der Waals surface area contributed by atoms with E-state index in [0.717, 1.165) is 44.0 Å². The molecule has 0 unspecified atom stereocenters. The van der Waals surface area contributed by atoms with Gasteiger partial charge in [0.2, 0.25) is 0 Å². The maximum atomic E-state index is 9.70. The minimum atomic E-state index is 0.246. The molecule has 29 heavy (non-hydrogen) atoms. The fourth-order valence-corrected chi connectivity index (χ4v) is 2.91. The molecule has 0 amide bonds. The average Bonchev–Trinajstić information content (AvgIpc) is 3.18. The maximum absolute atomic E-state index is 9.70. The van der Waals surface area contributed by atoms with Gasteiger partial charge in [-0.1, -0.05) is 24.3 Å². The highest BCUT2D eigenvalue weighted by atomic mass is 16.3. The minimum absolute atomic E-state index is 0.246. The molecule has 0 bridgehead atoms. The lowest BCUT2D eigenvalue weighted by molar-refractivity contribution is 0.151. The number of hydrogen-bond acceptors (Lipinski definition) is 8. The van der Waals surface area contributed by atoms with Gasteiger partial charge in [-0.2, -0.15) is 0 Å². The van der Waals surface area contributed by atoms with E-state index in [9.17, 15) is 10.2 Å². The van der Waals surface area contributed by atoms with Gasteiger partial charge in [-0.15, -0.1) is 0 Å². The molecule has 2 aromatic rings. The lowest BCUT2D eigenvalue weighted by Crippen LogP contribution is -2.42. The van der Waals surface area contributed by atoms with Crippen molar-refractivity contribution in [1.82, 2.24) is 20.9 Å². The van der Waals surface area contributed by atoms with Gasteiger partial charge in [0.05, 0.1) is 19.8 Å². The third kappa shape index (κ3) is 6.95. The van der Waals surface area contributed by atoms with E-state index in [-0.39, 0.29) is 11.5 Å². The van der Waals surface area contributed by atoms with Crippen LogP contribution in [0.25, 0.3) is 0 Å². The Morgan fingerprint density at radius 2 is 1.21 bits per heavy atom. The van der Waals surface area contributed by atoms with Crippen molar-refractivity contribution >= 4 is 12.4 Å². The first-order valence-corrected chi connectivity index (χ1v) is 9.75. The Balaban J connectivity index is 1.27. The molecule has 1 fully saturated rings. The van der Waals surface area contributed by atoms with Gasteiger partial charge in [-0.25, -0.2) is 10.0 Å². The number of benzene rings is 2. The fourth-order valence-electron chi connectivity index (χ4n) is 2.91. The number of nitrogens with one attached hydrogen (secondary N) is 2. The van der Waals surface area contributed by atoms with Crippen LogP contribution in [0.2, 0.25) is 0 Å². The number of rotatable bonds is 10. The molecule has 4 N–H and O–H groups in total. The molecule has 2 aromatic carbocycles. The zero-order valence-electron chi connectivity index (χ0n) is 16.4. The van der Waals surface area contributed by atoms with Crippen molar-refractivity contribution in [1.29, 1.82) is 0 Å². The number of aliphatic imine (C=N–C) groups is 2. The van der Waals surface area contributed by atoms with Crippen LogP contribution in [0, 0.1) is 0 Å². The second-order valence-electron chi connectivity index (χ2n) is 6.67. The number of nitrogens with zero attached hydrogens (tertiary/aromatic N) is 4. The highest BCUT2D eigenvalue weighted by molar-refractivity contribution is 5.83. The van der Waals surface area contributed by atoms with E-state index in [1.54, 1.807) is 36.7 Å². The Bertz CT molecular complexity index is 759. The van der Waals surface area contributed by atoms with Gasteiger partial charge in [0, 0.05) is 49.7 Å². The van der Waals surface area contributed by atoms with Gasteiger partial charge >= 0.3 is 0 Å². The Hall–Kier alpha value is -2.78.